The third-order valence-corrected chi connectivity index (χ3v) is 7.48. The molecule has 36 heavy (non-hydrogen) atoms. The SMILES string of the molecule is Cn1ncc2ccc(C(=O)N[C@H](CCN3CC[C@H](CCc4ccc5c(n4)NCCC5)C3)C(=O)O)cc21. The number of carboxylic acid groups (broad SMARTS) is 1. The zero-order chi connectivity index (χ0) is 25.1. The van der Waals surface area contributed by atoms with E-state index in [1.54, 1.807) is 23.0 Å². The molecule has 4 heterocycles. The molecule has 190 valence electrons. The molecule has 9 nitrogen and oxygen atoms in total. The molecule has 3 aromatic rings. The second kappa shape index (κ2) is 10.7. The van der Waals surface area contributed by atoms with Gasteiger partial charge in [-0.3, -0.25) is 9.48 Å². The maximum Gasteiger partial charge on any atom is 0.326 e. The van der Waals surface area contributed by atoms with Crippen LogP contribution in [0.1, 0.15) is 47.3 Å². The number of nitrogens with one attached hydrogen (secondary N) is 2. The molecule has 2 aromatic heterocycles. The number of carbonyl (C=O) groups is 2. The summed E-state index contributed by atoms with van der Waals surface area (Å²) in [6.45, 7) is 3.57. The van der Waals surface area contributed by atoms with Crippen LogP contribution in [0, 0.1) is 5.92 Å². The predicted octanol–water partition coefficient (Wildman–Crippen LogP) is 2.85. The first-order valence-electron chi connectivity index (χ1n) is 12.9. The van der Waals surface area contributed by atoms with Crippen LogP contribution in [0.25, 0.3) is 10.9 Å². The summed E-state index contributed by atoms with van der Waals surface area (Å²) in [4.78, 5) is 31.8. The van der Waals surface area contributed by atoms with Gasteiger partial charge in [0.05, 0.1) is 11.7 Å². The van der Waals surface area contributed by atoms with E-state index in [9.17, 15) is 14.7 Å². The molecule has 1 saturated heterocycles. The van der Waals surface area contributed by atoms with Crippen molar-refractivity contribution in [2.45, 2.75) is 44.6 Å². The first-order chi connectivity index (χ1) is 17.5. The number of likely N-dealkylation sites (tertiary alicyclic amines) is 1. The van der Waals surface area contributed by atoms with Crippen molar-refractivity contribution in [3.05, 3.63) is 53.3 Å². The van der Waals surface area contributed by atoms with Gasteiger partial charge in [0.1, 0.15) is 11.9 Å². The molecule has 0 aliphatic carbocycles. The summed E-state index contributed by atoms with van der Waals surface area (Å²) in [5.41, 5.74) is 3.72. The van der Waals surface area contributed by atoms with Crippen molar-refractivity contribution in [3.63, 3.8) is 0 Å². The van der Waals surface area contributed by atoms with E-state index < -0.39 is 12.0 Å². The van der Waals surface area contributed by atoms with E-state index in [1.807, 2.05) is 13.1 Å². The number of amides is 1. The lowest BCUT2D eigenvalue weighted by atomic mass is 10.00. The first kappa shape index (κ1) is 24.2. The average molecular weight is 491 g/mol. The summed E-state index contributed by atoms with van der Waals surface area (Å²) in [5, 5.41) is 21.0. The second-order valence-corrected chi connectivity index (χ2v) is 10.0. The Balaban J connectivity index is 1.10. The molecule has 2 atom stereocenters. The van der Waals surface area contributed by atoms with Gasteiger partial charge < -0.3 is 20.6 Å². The van der Waals surface area contributed by atoms with Crippen LogP contribution in [0.5, 0.6) is 0 Å². The van der Waals surface area contributed by atoms with E-state index in [4.69, 9.17) is 4.98 Å². The standard InChI is InChI=1S/C27H34N6O3/c1-32-24-15-20(5-6-21(24)16-29-32)26(34)31-23(27(35)36)11-14-33-13-10-18(17-33)4-8-22-9-7-19-3-2-12-28-25(19)30-22/h5-7,9,15-16,18,23H,2-4,8,10-14,17H2,1H3,(H,28,30)(H,31,34)(H,35,36)/t18-,23+/m0/s1. The van der Waals surface area contributed by atoms with E-state index >= 15 is 0 Å². The van der Waals surface area contributed by atoms with Gasteiger partial charge in [-0.25, -0.2) is 9.78 Å². The van der Waals surface area contributed by atoms with Gasteiger partial charge in [-0.2, -0.15) is 5.10 Å². The Kier molecular flexibility index (Phi) is 7.18. The summed E-state index contributed by atoms with van der Waals surface area (Å²) in [5.74, 6) is 0.248. The van der Waals surface area contributed by atoms with E-state index in [2.05, 4.69) is 32.8 Å². The zero-order valence-corrected chi connectivity index (χ0v) is 20.7. The highest BCUT2D eigenvalue weighted by atomic mass is 16.4. The van der Waals surface area contributed by atoms with Crippen molar-refractivity contribution in [2.75, 3.05) is 31.5 Å². The van der Waals surface area contributed by atoms with Gasteiger partial charge in [-0.15, -0.1) is 0 Å². The summed E-state index contributed by atoms with van der Waals surface area (Å²) in [7, 11) is 1.81. The Bertz CT molecular complexity index is 1260. The highest BCUT2D eigenvalue weighted by Crippen LogP contribution is 2.24. The molecule has 1 aromatic carbocycles. The molecule has 0 unspecified atom stereocenters. The van der Waals surface area contributed by atoms with Crippen molar-refractivity contribution in [1.29, 1.82) is 0 Å². The Morgan fingerprint density at radius 3 is 3.03 bits per heavy atom. The van der Waals surface area contributed by atoms with Crippen LogP contribution in [0.2, 0.25) is 0 Å². The van der Waals surface area contributed by atoms with Crippen LogP contribution in [0.4, 0.5) is 5.82 Å². The number of hydrogen-bond acceptors (Lipinski definition) is 6. The normalized spacial score (nSPS) is 18.5. The van der Waals surface area contributed by atoms with Gasteiger partial charge in [0.25, 0.3) is 5.91 Å². The fourth-order valence-electron chi connectivity index (χ4n) is 5.31. The minimum atomic E-state index is -1.01. The van der Waals surface area contributed by atoms with Crippen LogP contribution in [0.15, 0.2) is 36.5 Å². The Hall–Kier alpha value is -3.46. The van der Waals surface area contributed by atoms with Gasteiger partial charge in [0.2, 0.25) is 0 Å². The quantitative estimate of drug-likeness (QED) is 0.423. The fourth-order valence-corrected chi connectivity index (χ4v) is 5.31. The van der Waals surface area contributed by atoms with Crippen LogP contribution in [-0.2, 0) is 24.7 Å². The summed E-state index contributed by atoms with van der Waals surface area (Å²) >= 11 is 0. The monoisotopic (exact) mass is 490 g/mol. The number of hydrogen-bond donors (Lipinski definition) is 3. The number of fused-ring (bicyclic) bond motifs is 2. The number of nitrogens with zero attached hydrogens (tertiary/aromatic N) is 4. The van der Waals surface area contributed by atoms with E-state index in [1.165, 1.54) is 12.0 Å². The van der Waals surface area contributed by atoms with Crippen LogP contribution in [0.3, 0.4) is 0 Å². The van der Waals surface area contributed by atoms with Crippen molar-refractivity contribution in [1.82, 2.24) is 25.0 Å². The number of aromatic nitrogens is 3. The van der Waals surface area contributed by atoms with Crippen molar-refractivity contribution in [3.8, 4) is 0 Å². The average Bonchev–Trinajstić information content (AvgIpc) is 3.50. The maximum atomic E-state index is 12.8. The number of aryl methyl sites for hydroxylation is 3. The van der Waals surface area contributed by atoms with Crippen LogP contribution in [-0.4, -0.2) is 68.9 Å². The minimum absolute atomic E-state index is 0.375. The molecular weight excluding hydrogens is 456 g/mol. The molecule has 2 aliphatic heterocycles. The molecule has 0 spiro atoms. The number of carboxylic acids is 1. The topological polar surface area (TPSA) is 112 Å². The summed E-state index contributed by atoms with van der Waals surface area (Å²) < 4.78 is 1.70. The van der Waals surface area contributed by atoms with Crippen molar-refractivity contribution in [2.24, 2.45) is 13.0 Å². The van der Waals surface area contributed by atoms with E-state index in [-0.39, 0.29) is 5.91 Å². The number of carbonyl (C=O) groups excluding carboxylic acids is 1. The van der Waals surface area contributed by atoms with Crippen molar-refractivity contribution >= 4 is 28.6 Å². The molecule has 9 heteroatoms. The van der Waals surface area contributed by atoms with Gasteiger partial charge in [0.15, 0.2) is 0 Å². The second-order valence-electron chi connectivity index (χ2n) is 10.0. The number of pyridine rings is 1. The van der Waals surface area contributed by atoms with E-state index in [0.29, 0.717) is 24.4 Å². The molecule has 2 aliphatic rings. The van der Waals surface area contributed by atoms with Crippen LogP contribution < -0.4 is 10.6 Å². The van der Waals surface area contributed by atoms with Gasteiger partial charge >= 0.3 is 5.97 Å². The summed E-state index contributed by atoms with van der Waals surface area (Å²) in [6.07, 6.45) is 7.53. The molecule has 0 saturated carbocycles. The zero-order valence-electron chi connectivity index (χ0n) is 20.7. The summed E-state index contributed by atoms with van der Waals surface area (Å²) in [6, 6.07) is 8.72. The Labute approximate surface area is 210 Å². The third-order valence-electron chi connectivity index (χ3n) is 7.48. The predicted molar refractivity (Wildman–Crippen MR) is 138 cm³/mol. The van der Waals surface area contributed by atoms with Gasteiger partial charge in [-0.05, 0) is 74.8 Å². The number of benzene rings is 1. The maximum absolute atomic E-state index is 12.8. The highest BCUT2D eigenvalue weighted by molar-refractivity contribution is 5.99. The largest absolute Gasteiger partial charge is 0.480 e. The van der Waals surface area contributed by atoms with Gasteiger partial charge in [0, 0.05) is 43.3 Å². The number of aliphatic carboxylic acids is 1. The molecule has 1 amide bonds. The number of rotatable bonds is 9. The fraction of sp³-hybridized carbons (Fsp3) is 0.481. The smallest absolute Gasteiger partial charge is 0.326 e. The molecule has 0 radical (unpaired) electrons. The minimum Gasteiger partial charge on any atom is -0.480 e. The Morgan fingerprint density at radius 2 is 2.17 bits per heavy atom. The first-order valence-corrected chi connectivity index (χ1v) is 12.9. The lowest BCUT2D eigenvalue weighted by molar-refractivity contribution is -0.139. The number of anilines is 1. The molecule has 0 bridgehead atoms. The lowest BCUT2D eigenvalue weighted by Crippen LogP contribution is -2.43. The Morgan fingerprint density at radius 1 is 1.28 bits per heavy atom. The van der Waals surface area contributed by atoms with Crippen molar-refractivity contribution < 1.29 is 14.7 Å². The highest BCUT2D eigenvalue weighted by Gasteiger charge is 2.26. The molecule has 1 fully saturated rings. The lowest BCUT2D eigenvalue weighted by Gasteiger charge is -2.20. The van der Waals surface area contributed by atoms with Crippen LogP contribution >= 0.6 is 0 Å². The molecule has 3 N–H and O–H groups in total. The molecular formula is C27H34N6O3. The van der Waals surface area contributed by atoms with E-state index in [0.717, 1.165) is 67.7 Å². The molecule has 5 rings (SSSR count). The third kappa shape index (κ3) is 5.51. The van der Waals surface area contributed by atoms with Gasteiger partial charge in [-0.1, -0.05) is 12.1 Å².